The number of rotatable bonds is 6. The SMILES string of the molecule is COC(=O)[C@](C)(Cc1ccc(C2=NC(O)(C(F)(F)F)CS2)cc1)NC=O. The monoisotopic (exact) mass is 390 g/mol. The summed E-state index contributed by atoms with van der Waals surface area (Å²) in [6.45, 7) is 1.50. The first-order valence-corrected chi connectivity index (χ1v) is 8.44. The normalized spacial score (nSPS) is 22.3. The molecule has 1 aromatic rings. The van der Waals surface area contributed by atoms with Crippen LogP contribution in [0.25, 0.3) is 0 Å². The lowest BCUT2D eigenvalue weighted by molar-refractivity contribution is -0.245. The van der Waals surface area contributed by atoms with Crippen molar-refractivity contribution in [3.63, 3.8) is 0 Å². The molecule has 0 fully saturated rings. The molecule has 142 valence electrons. The number of amides is 1. The highest BCUT2D eigenvalue weighted by atomic mass is 32.2. The van der Waals surface area contributed by atoms with Crippen molar-refractivity contribution in [3.05, 3.63) is 35.4 Å². The van der Waals surface area contributed by atoms with Crippen LogP contribution in [0, 0.1) is 0 Å². The van der Waals surface area contributed by atoms with Gasteiger partial charge >= 0.3 is 12.1 Å². The number of nitrogens with one attached hydrogen (secondary N) is 1. The number of halogens is 3. The molecule has 1 aliphatic rings. The van der Waals surface area contributed by atoms with Crippen LogP contribution in [0.4, 0.5) is 13.2 Å². The third-order valence-electron chi connectivity index (χ3n) is 3.92. The minimum Gasteiger partial charge on any atom is -0.467 e. The van der Waals surface area contributed by atoms with Crippen molar-refractivity contribution in [3.8, 4) is 0 Å². The number of methoxy groups -OCH3 is 1. The first-order chi connectivity index (χ1) is 12.0. The van der Waals surface area contributed by atoms with Gasteiger partial charge in [-0.1, -0.05) is 24.3 Å². The number of hydrogen-bond donors (Lipinski definition) is 2. The topological polar surface area (TPSA) is 88.0 Å². The Morgan fingerprint density at radius 1 is 1.42 bits per heavy atom. The fourth-order valence-corrected chi connectivity index (χ4v) is 3.49. The molecule has 2 rings (SSSR count). The second-order valence-corrected chi connectivity index (χ2v) is 6.94. The van der Waals surface area contributed by atoms with Crippen molar-refractivity contribution in [2.75, 3.05) is 12.9 Å². The predicted octanol–water partition coefficient (Wildman–Crippen LogP) is 1.65. The highest BCUT2D eigenvalue weighted by molar-refractivity contribution is 8.14. The number of carbonyl (C=O) groups excluding carboxylic acids is 2. The van der Waals surface area contributed by atoms with Crippen LogP contribution >= 0.6 is 11.8 Å². The Hall–Kier alpha value is -2.07. The lowest BCUT2D eigenvalue weighted by atomic mass is 9.92. The number of nitrogens with zero attached hydrogens (tertiary/aromatic N) is 1. The highest BCUT2D eigenvalue weighted by Crippen LogP contribution is 2.40. The Morgan fingerprint density at radius 2 is 2.04 bits per heavy atom. The van der Waals surface area contributed by atoms with E-state index in [-0.39, 0.29) is 11.5 Å². The molecular weight excluding hydrogens is 373 g/mol. The van der Waals surface area contributed by atoms with Crippen LogP contribution in [0.3, 0.4) is 0 Å². The van der Waals surface area contributed by atoms with E-state index in [0.29, 0.717) is 17.5 Å². The molecule has 1 heterocycles. The van der Waals surface area contributed by atoms with Gasteiger partial charge in [0.05, 0.1) is 12.9 Å². The maximum atomic E-state index is 12.8. The average molecular weight is 390 g/mol. The summed E-state index contributed by atoms with van der Waals surface area (Å²) in [5.41, 5.74) is -3.27. The van der Waals surface area contributed by atoms with E-state index in [1.165, 1.54) is 14.0 Å². The van der Waals surface area contributed by atoms with Crippen molar-refractivity contribution in [1.82, 2.24) is 5.32 Å². The van der Waals surface area contributed by atoms with Crippen molar-refractivity contribution < 1.29 is 32.6 Å². The van der Waals surface area contributed by atoms with Gasteiger partial charge in [0.1, 0.15) is 10.6 Å². The molecule has 1 amide bonds. The van der Waals surface area contributed by atoms with Gasteiger partial charge in [0.15, 0.2) is 0 Å². The van der Waals surface area contributed by atoms with Gasteiger partial charge in [0.2, 0.25) is 6.41 Å². The molecule has 10 heteroatoms. The van der Waals surface area contributed by atoms with Gasteiger partial charge in [-0.2, -0.15) is 13.2 Å². The molecule has 2 N–H and O–H groups in total. The van der Waals surface area contributed by atoms with Crippen LogP contribution in [0.15, 0.2) is 29.3 Å². The molecule has 2 atom stereocenters. The second kappa shape index (κ2) is 7.28. The van der Waals surface area contributed by atoms with E-state index in [1.54, 1.807) is 24.3 Å². The van der Waals surface area contributed by atoms with Gasteiger partial charge in [-0.15, -0.1) is 11.8 Å². The number of aliphatic hydroxyl groups is 1. The summed E-state index contributed by atoms with van der Waals surface area (Å²) in [6, 6.07) is 6.30. The van der Waals surface area contributed by atoms with E-state index < -0.39 is 29.2 Å². The molecule has 1 aromatic carbocycles. The molecule has 26 heavy (non-hydrogen) atoms. The van der Waals surface area contributed by atoms with Crippen molar-refractivity contribution in [2.45, 2.75) is 30.8 Å². The summed E-state index contributed by atoms with van der Waals surface area (Å²) in [4.78, 5) is 26.0. The first kappa shape index (κ1) is 20.2. The van der Waals surface area contributed by atoms with Gasteiger partial charge in [0, 0.05) is 12.0 Å². The minimum atomic E-state index is -4.84. The lowest BCUT2D eigenvalue weighted by Gasteiger charge is -2.26. The van der Waals surface area contributed by atoms with Crippen LogP contribution in [0.5, 0.6) is 0 Å². The van der Waals surface area contributed by atoms with Crippen LogP contribution < -0.4 is 5.32 Å². The lowest BCUT2D eigenvalue weighted by Crippen LogP contribution is -2.51. The Bertz CT molecular complexity index is 723. The molecule has 0 aliphatic carbocycles. The molecule has 6 nitrogen and oxygen atoms in total. The summed E-state index contributed by atoms with van der Waals surface area (Å²) in [5, 5.41) is 12.1. The number of alkyl halides is 3. The zero-order chi connectivity index (χ0) is 19.6. The predicted molar refractivity (Wildman–Crippen MR) is 89.8 cm³/mol. The fraction of sp³-hybridized carbons (Fsp3) is 0.438. The molecule has 0 spiro atoms. The molecule has 1 unspecified atom stereocenters. The number of esters is 1. The maximum Gasteiger partial charge on any atom is 0.439 e. The molecule has 0 radical (unpaired) electrons. The Morgan fingerprint density at radius 3 is 2.50 bits per heavy atom. The Balaban J connectivity index is 2.20. The molecule has 0 aromatic heterocycles. The van der Waals surface area contributed by atoms with Crippen LogP contribution in [0.1, 0.15) is 18.1 Å². The average Bonchev–Trinajstić information content (AvgIpc) is 2.98. The third-order valence-corrected chi connectivity index (χ3v) is 5.07. The maximum absolute atomic E-state index is 12.8. The number of hydrogen-bond acceptors (Lipinski definition) is 6. The third kappa shape index (κ3) is 4.01. The van der Waals surface area contributed by atoms with E-state index in [0.717, 1.165) is 11.8 Å². The van der Waals surface area contributed by atoms with Crippen LogP contribution in [-0.2, 0) is 20.7 Å². The van der Waals surface area contributed by atoms with E-state index in [2.05, 4.69) is 15.0 Å². The van der Waals surface area contributed by atoms with Crippen molar-refractivity contribution in [1.29, 1.82) is 0 Å². The van der Waals surface area contributed by atoms with Gasteiger partial charge in [-0.3, -0.25) is 4.79 Å². The van der Waals surface area contributed by atoms with E-state index in [1.807, 2.05) is 0 Å². The summed E-state index contributed by atoms with van der Waals surface area (Å²) in [5.74, 6) is -1.23. The summed E-state index contributed by atoms with van der Waals surface area (Å²) >= 11 is 0.812. The van der Waals surface area contributed by atoms with Crippen LogP contribution in [0.2, 0.25) is 0 Å². The first-order valence-electron chi connectivity index (χ1n) is 7.45. The second-order valence-electron chi connectivity index (χ2n) is 5.98. The van der Waals surface area contributed by atoms with E-state index >= 15 is 0 Å². The molecule has 0 saturated heterocycles. The zero-order valence-corrected chi connectivity index (χ0v) is 14.8. The number of thioether (sulfide) groups is 1. The number of ether oxygens (including phenoxy) is 1. The standard InChI is InChI=1S/C16H17F3N2O4S/c1-14(20-9-22,13(23)25-2)7-10-3-5-11(6-4-10)12-21-15(24,8-26-12)16(17,18)19/h3-6,9,24H,7-8H2,1-2H3,(H,20,22)/t14-,15?/m0/s1. The zero-order valence-electron chi connectivity index (χ0n) is 14.0. The molecule has 0 bridgehead atoms. The smallest absolute Gasteiger partial charge is 0.439 e. The Kier molecular flexibility index (Phi) is 5.67. The van der Waals surface area contributed by atoms with Crippen molar-refractivity contribution >= 4 is 29.2 Å². The summed E-state index contributed by atoms with van der Waals surface area (Å²) in [7, 11) is 1.20. The van der Waals surface area contributed by atoms with Crippen molar-refractivity contribution in [2.24, 2.45) is 4.99 Å². The summed E-state index contributed by atoms with van der Waals surface area (Å²) in [6.07, 6.45) is -4.32. The van der Waals surface area contributed by atoms with Crippen LogP contribution in [-0.4, -0.2) is 52.8 Å². The molecular formula is C16H17F3N2O4S. The number of benzene rings is 1. The molecule has 1 aliphatic heterocycles. The van der Waals surface area contributed by atoms with Gasteiger partial charge in [-0.25, -0.2) is 9.79 Å². The van der Waals surface area contributed by atoms with E-state index in [9.17, 15) is 27.9 Å². The summed E-state index contributed by atoms with van der Waals surface area (Å²) < 4.78 is 43.1. The minimum absolute atomic E-state index is 0.0816. The highest BCUT2D eigenvalue weighted by Gasteiger charge is 2.56. The fourth-order valence-electron chi connectivity index (χ4n) is 2.41. The Labute approximate surface area is 151 Å². The molecule has 0 saturated carbocycles. The quantitative estimate of drug-likeness (QED) is 0.570. The largest absolute Gasteiger partial charge is 0.467 e. The van der Waals surface area contributed by atoms with E-state index in [4.69, 9.17) is 0 Å². The number of aliphatic imine (C=N–C) groups is 1. The van der Waals surface area contributed by atoms with Gasteiger partial charge in [-0.05, 0) is 12.5 Å². The number of carbonyl (C=O) groups is 2. The van der Waals surface area contributed by atoms with Gasteiger partial charge < -0.3 is 15.2 Å². The van der Waals surface area contributed by atoms with Gasteiger partial charge in [0.25, 0.3) is 5.72 Å².